The molecule has 1 aromatic heterocycles. The number of anilines is 1. The van der Waals surface area contributed by atoms with Crippen molar-refractivity contribution in [2.24, 2.45) is 0 Å². The van der Waals surface area contributed by atoms with Crippen LogP contribution in [0.25, 0.3) is 16.9 Å². The lowest BCUT2D eigenvalue weighted by Gasteiger charge is -2.12. The first kappa shape index (κ1) is 24.6. The lowest BCUT2D eigenvalue weighted by atomic mass is 10.1. The van der Waals surface area contributed by atoms with Gasteiger partial charge in [-0.2, -0.15) is 5.10 Å². The number of carbonyl (C=O) groups excluding carboxylic acids is 2. The summed E-state index contributed by atoms with van der Waals surface area (Å²) in [5.74, 6) is -3.65. The molecule has 0 radical (unpaired) electrons. The van der Waals surface area contributed by atoms with E-state index in [1.54, 1.807) is 41.9 Å². The summed E-state index contributed by atoms with van der Waals surface area (Å²) in [7, 11) is 1.27. The Morgan fingerprint density at radius 3 is 2.39 bits per heavy atom. The van der Waals surface area contributed by atoms with Crippen molar-refractivity contribution in [2.45, 2.75) is 13.8 Å². The predicted molar refractivity (Wildman–Crippen MR) is 131 cm³/mol. The van der Waals surface area contributed by atoms with E-state index < -0.39 is 29.1 Å². The highest BCUT2D eigenvalue weighted by Gasteiger charge is 2.21. The van der Waals surface area contributed by atoms with Crippen LogP contribution in [0.3, 0.4) is 0 Å². The number of benzene rings is 3. The maximum atomic E-state index is 14.4. The van der Waals surface area contributed by atoms with Gasteiger partial charge in [0.1, 0.15) is 22.9 Å². The van der Waals surface area contributed by atoms with Crippen LogP contribution in [0.4, 0.5) is 14.5 Å². The Balaban J connectivity index is 1.73. The van der Waals surface area contributed by atoms with Crippen molar-refractivity contribution < 1.29 is 27.8 Å². The van der Waals surface area contributed by atoms with Gasteiger partial charge in [-0.3, -0.25) is 4.79 Å². The number of amides is 1. The van der Waals surface area contributed by atoms with E-state index in [4.69, 9.17) is 9.47 Å². The van der Waals surface area contributed by atoms with Crippen molar-refractivity contribution in [1.29, 1.82) is 0 Å². The average Bonchev–Trinajstić information content (AvgIpc) is 3.29. The summed E-state index contributed by atoms with van der Waals surface area (Å²) >= 11 is 0. The van der Waals surface area contributed by atoms with Crippen LogP contribution >= 0.6 is 0 Å². The molecule has 0 spiro atoms. The number of rotatable bonds is 7. The van der Waals surface area contributed by atoms with Crippen LogP contribution in [0.2, 0.25) is 0 Å². The van der Waals surface area contributed by atoms with Gasteiger partial charge in [0, 0.05) is 23.4 Å². The molecule has 0 unspecified atom stereocenters. The molecule has 0 atom stereocenters. The van der Waals surface area contributed by atoms with Gasteiger partial charge in [-0.15, -0.1) is 0 Å². The number of aromatic nitrogens is 2. The first-order valence-corrected chi connectivity index (χ1v) is 11.1. The van der Waals surface area contributed by atoms with Gasteiger partial charge in [-0.05, 0) is 43.7 Å². The number of nitrogens with zero attached hydrogens (tertiary/aromatic N) is 2. The second-order valence-corrected chi connectivity index (χ2v) is 7.83. The molecule has 0 saturated heterocycles. The molecule has 0 bridgehead atoms. The fourth-order valence-electron chi connectivity index (χ4n) is 3.71. The van der Waals surface area contributed by atoms with Crippen LogP contribution in [0.1, 0.15) is 33.3 Å². The average molecular weight is 491 g/mol. The van der Waals surface area contributed by atoms with E-state index in [0.29, 0.717) is 16.9 Å². The number of hydrogen-bond acceptors (Lipinski definition) is 5. The zero-order valence-corrected chi connectivity index (χ0v) is 19.8. The highest BCUT2D eigenvalue weighted by Crippen LogP contribution is 2.29. The lowest BCUT2D eigenvalue weighted by molar-refractivity contribution is 0.0518. The van der Waals surface area contributed by atoms with Gasteiger partial charge >= 0.3 is 5.97 Å². The highest BCUT2D eigenvalue weighted by atomic mass is 19.1. The summed E-state index contributed by atoms with van der Waals surface area (Å²) in [4.78, 5) is 25.1. The Hall–Kier alpha value is -4.53. The molecule has 4 aromatic rings. The highest BCUT2D eigenvalue weighted by molar-refractivity contribution is 6.05. The first-order chi connectivity index (χ1) is 17.3. The second kappa shape index (κ2) is 10.4. The Labute approximate surface area is 206 Å². The molecule has 0 aliphatic carbocycles. The van der Waals surface area contributed by atoms with Crippen molar-refractivity contribution in [2.75, 3.05) is 19.0 Å². The molecule has 0 aliphatic heterocycles. The Kier molecular flexibility index (Phi) is 7.10. The fourth-order valence-corrected chi connectivity index (χ4v) is 3.71. The zero-order chi connectivity index (χ0) is 25.8. The van der Waals surface area contributed by atoms with Crippen LogP contribution in [-0.4, -0.2) is 35.4 Å². The van der Waals surface area contributed by atoms with Crippen molar-refractivity contribution in [3.63, 3.8) is 0 Å². The summed E-state index contributed by atoms with van der Waals surface area (Å²) in [6.45, 7) is 3.82. The molecule has 0 fully saturated rings. The molecule has 1 heterocycles. The van der Waals surface area contributed by atoms with E-state index >= 15 is 0 Å². The van der Waals surface area contributed by atoms with Crippen LogP contribution in [-0.2, 0) is 4.74 Å². The third-order valence-corrected chi connectivity index (χ3v) is 5.43. The number of nitrogens with one attached hydrogen (secondary N) is 1. The Bertz CT molecular complexity index is 1430. The predicted octanol–water partition coefficient (Wildman–Crippen LogP) is 5.56. The molecule has 3 aromatic carbocycles. The van der Waals surface area contributed by atoms with Crippen LogP contribution in [0.5, 0.6) is 5.75 Å². The van der Waals surface area contributed by atoms with Crippen molar-refractivity contribution in [3.8, 4) is 22.7 Å². The quantitative estimate of drug-likeness (QED) is 0.342. The molecule has 1 N–H and O–H groups in total. The summed E-state index contributed by atoms with van der Waals surface area (Å²) in [5, 5.41) is 6.98. The zero-order valence-electron chi connectivity index (χ0n) is 19.8. The molecule has 9 heteroatoms. The van der Waals surface area contributed by atoms with E-state index in [-0.39, 0.29) is 18.1 Å². The summed E-state index contributed by atoms with van der Waals surface area (Å²) in [6.07, 6.45) is 0. The summed E-state index contributed by atoms with van der Waals surface area (Å²) in [5.41, 5.74) is 2.53. The van der Waals surface area contributed by atoms with E-state index in [2.05, 4.69) is 10.4 Å². The molecule has 7 nitrogen and oxygen atoms in total. The van der Waals surface area contributed by atoms with E-state index in [1.165, 1.54) is 7.11 Å². The second-order valence-electron chi connectivity index (χ2n) is 7.83. The fraction of sp³-hybridized carbons (Fsp3) is 0.148. The monoisotopic (exact) mass is 491 g/mol. The minimum atomic E-state index is -1.04. The number of esters is 1. The number of ether oxygens (including phenoxy) is 2. The molecule has 36 heavy (non-hydrogen) atoms. The van der Waals surface area contributed by atoms with Crippen molar-refractivity contribution in [3.05, 3.63) is 95.2 Å². The molecule has 184 valence electrons. The molecule has 1 amide bonds. The van der Waals surface area contributed by atoms with E-state index in [1.807, 2.05) is 31.2 Å². The first-order valence-electron chi connectivity index (χ1n) is 11.1. The number of para-hydroxylation sites is 1. The van der Waals surface area contributed by atoms with Gasteiger partial charge in [0.05, 0.1) is 25.1 Å². The van der Waals surface area contributed by atoms with Gasteiger partial charge in [-0.25, -0.2) is 18.3 Å². The SMILES string of the molecule is CCOC(=O)c1cc(-c2cccc(NC(=O)c3c(F)cc(OC)cc3F)c2)n(-c2ccccc2C)n1. The maximum absolute atomic E-state index is 14.4. The standard InChI is InChI=1S/C27H23F2N3O4/c1-4-36-27(34)22-15-24(32(31-22)23-11-6-5-8-16(23)2)17-9-7-10-18(12-17)30-26(33)25-20(28)13-19(35-3)14-21(25)29/h5-15H,4H2,1-3H3,(H,30,33). The third-order valence-electron chi connectivity index (χ3n) is 5.43. The smallest absolute Gasteiger partial charge is 0.358 e. The minimum absolute atomic E-state index is 0.0366. The topological polar surface area (TPSA) is 82.5 Å². The van der Waals surface area contributed by atoms with Gasteiger partial charge in [0.25, 0.3) is 5.91 Å². The number of carbonyl (C=O) groups is 2. The third kappa shape index (κ3) is 4.95. The molecule has 0 aliphatic rings. The Morgan fingerprint density at radius 1 is 1.00 bits per heavy atom. The van der Waals surface area contributed by atoms with Gasteiger partial charge in [0.15, 0.2) is 5.69 Å². The van der Waals surface area contributed by atoms with Crippen LogP contribution < -0.4 is 10.1 Å². The molecule has 0 saturated carbocycles. The number of aryl methyl sites for hydroxylation is 1. The largest absolute Gasteiger partial charge is 0.497 e. The van der Waals surface area contributed by atoms with Crippen LogP contribution in [0.15, 0.2) is 66.7 Å². The van der Waals surface area contributed by atoms with Gasteiger partial charge < -0.3 is 14.8 Å². The van der Waals surface area contributed by atoms with E-state index in [9.17, 15) is 18.4 Å². The van der Waals surface area contributed by atoms with Crippen molar-refractivity contribution >= 4 is 17.6 Å². The summed E-state index contributed by atoms with van der Waals surface area (Å²) < 4.78 is 40.3. The number of halogens is 2. The van der Waals surface area contributed by atoms with Crippen molar-refractivity contribution in [1.82, 2.24) is 9.78 Å². The summed E-state index contributed by atoms with van der Waals surface area (Å²) in [6, 6.07) is 17.6. The Morgan fingerprint density at radius 2 is 1.72 bits per heavy atom. The van der Waals surface area contributed by atoms with E-state index in [0.717, 1.165) is 23.4 Å². The molecule has 4 rings (SSSR count). The van der Waals surface area contributed by atoms with Gasteiger partial charge in [-0.1, -0.05) is 30.3 Å². The molecular formula is C27H23F2N3O4. The molecular weight excluding hydrogens is 468 g/mol. The number of methoxy groups -OCH3 is 1. The maximum Gasteiger partial charge on any atom is 0.358 e. The van der Waals surface area contributed by atoms with Gasteiger partial charge in [0.2, 0.25) is 0 Å². The van der Waals surface area contributed by atoms with Crippen LogP contribution in [0, 0.1) is 18.6 Å². The normalized spacial score (nSPS) is 10.7. The number of hydrogen-bond donors (Lipinski definition) is 1. The lowest BCUT2D eigenvalue weighted by Crippen LogP contribution is -2.16. The minimum Gasteiger partial charge on any atom is -0.497 e.